The van der Waals surface area contributed by atoms with Crippen LogP contribution in [0.2, 0.25) is 0 Å². The van der Waals surface area contributed by atoms with Gasteiger partial charge in [-0.1, -0.05) is 17.7 Å². The number of anilines is 1. The smallest absolute Gasteiger partial charge is 0.284 e. The van der Waals surface area contributed by atoms with Gasteiger partial charge in [0.05, 0.1) is 18.1 Å². The fraction of sp³-hybridized carbons (Fsp3) is 0.350. The Morgan fingerprint density at radius 3 is 2.15 bits per heavy atom. The molecule has 0 aromatic heterocycles. The van der Waals surface area contributed by atoms with E-state index in [0.29, 0.717) is 32.1 Å². The number of hydrogen-bond acceptors (Lipinski definition) is 4. The Bertz CT molecular complexity index is 898. The van der Waals surface area contributed by atoms with E-state index in [1.54, 1.807) is 24.3 Å². The highest BCUT2D eigenvalue weighted by Crippen LogP contribution is 2.19. The van der Waals surface area contributed by atoms with Crippen LogP contribution in [-0.4, -0.2) is 59.6 Å². The molecule has 27 heavy (non-hydrogen) atoms. The molecule has 0 unspecified atom stereocenters. The lowest BCUT2D eigenvalue weighted by Gasteiger charge is -2.30. The van der Waals surface area contributed by atoms with Crippen molar-refractivity contribution in [3.63, 3.8) is 0 Å². The summed E-state index contributed by atoms with van der Waals surface area (Å²) >= 11 is 0. The highest BCUT2D eigenvalue weighted by atomic mass is 32.2. The molecule has 3 rings (SSSR count). The SMILES string of the molecule is Cc1ccc(S(=O)(=O)/N=C(/c2ccc(N(C)C)cc2)N2CCOCC2)cc1. The molecule has 144 valence electrons. The van der Waals surface area contributed by atoms with E-state index in [0.717, 1.165) is 16.8 Å². The molecule has 0 bridgehead atoms. The minimum absolute atomic E-state index is 0.198. The maximum atomic E-state index is 12.9. The Morgan fingerprint density at radius 2 is 1.59 bits per heavy atom. The summed E-state index contributed by atoms with van der Waals surface area (Å²) in [7, 11) is 0.127. The van der Waals surface area contributed by atoms with Crippen molar-refractivity contribution in [2.75, 3.05) is 45.3 Å². The molecule has 6 nitrogen and oxygen atoms in total. The van der Waals surface area contributed by atoms with E-state index in [-0.39, 0.29) is 4.90 Å². The highest BCUT2D eigenvalue weighted by Gasteiger charge is 2.22. The summed E-state index contributed by atoms with van der Waals surface area (Å²) in [6.45, 7) is 4.25. The van der Waals surface area contributed by atoms with Gasteiger partial charge in [0, 0.05) is 38.4 Å². The fourth-order valence-electron chi connectivity index (χ4n) is 2.85. The Balaban J connectivity index is 2.03. The summed E-state index contributed by atoms with van der Waals surface area (Å²) in [6, 6.07) is 14.5. The van der Waals surface area contributed by atoms with Gasteiger partial charge < -0.3 is 14.5 Å². The molecular weight excluding hydrogens is 362 g/mol. The van der Waals surface area contributed by atoms with Crippen LogP contribution >= 0.6 is 0 Å². The minimum Gasteiger partial charge on any atom is -0.378 e. The van der Waals surface area contributed by atoms with Gasteiger partial charge in [0.1, 0.15) is 5.84 Å². The Labute approximate surface area is 161 Å². The van der Waals surface area contributed by atoms with E-state index in [1.165, 1.54) is 0 Å². The van der Waals surface area contributed by atoms with Gasteiger partial charge in [0.15, 0.2) is 0 Å². The Kier molecular flexibility index (Phi) is 5.82. The molecule has 0 spiro atoms. The quantitative estimate of drug-likeness (QED) is 0.596. The average Bonchev–Trinajstić information content (AvgIpc) is 2.67. The van der Waals surface area contributed by atoms with Crippen LogP contribution in [0.1, 0.15) is 11.1 Å². The van der Waals surface area contributed by atoms with Crippen LogP contribution in [0, 0.1) is 6.92 Å². The predicted molar refractivity (Wildman–Crippen MR) is 108 cm³/mol. The molecule has 0 saturated carbocycles. The van der Waals surface area contributed by atoms with Crippen molar-refractivity contribution in [3.8, 4) is 0 Å². The third-order valence-corrected chi connectivity index (χ3v) is 5.76. The fourth-order valence-corrected chi connectivity index (χ4v) is 3.89. The number of morpholine rings is 1. The molecule has 2 aromatic rings. The second-order valence-electron chi connectivity index (χ2n) is 6.74. The molecule has 0 N–H and O–H groups in total. The van der Waals surface area contributed by atoms with Crippen molar-refractivity contribution in [2.45, 2.75) is 11.8 Å². The first-order valence-electron chi connectivity index (χ1n) is 8.89. The summed E-state index contributed by atoms with van der Waals surface area (Å²) in [6.07, 6.45) is 0. The van der Waals surface area contributed by atoms with Crippen molar-refractivity contribution in [3.05, 3.63) is 59.7 Å². The first-order valence-corrected chi connectivity index (χ1v) is 10.3. The zero-order chi connectivity index (χ0) is 19.4. The molecule has 7 heteroatoms. The first-order chi connectivity index (χ1) is 12.9. The monoisotopic (exact) mass is 387 g/mol. The molecule has 1 aliphatic heterocycles. The lowest BCUT2D eigenvalue weighted by Crippen LogP contribution is -2.41. The lowest BCUT2D eigenvalue weighted by molar-refractivity contribution is 0.0683. The summed E-state index contributed by atoms with van der Waals surface area (Å²) in [5, 5.41) is 0. The summed E-state index contributed by atoms with van der Waals surface area (Å²) in [5.74, 6) is 0.462. The zero-order valence-electron chi connectivity index (χ0n) is 15.9. The summed E-state index contributed by atoms with van der Waals surface area (Å²) < 4.78 is 35.4. The molecule has 0 aliphatic carbocycles. The number of aryl methyl sites for hydroxylation is 1. The summed E-state index contributed by atoms with van der Waals surface area (Å²) in [4.78, 5) is 4.17. The van der Waals surface area contributed by atoms with E-state index >= 15 is 0 Å². The van der Waals surface area contributed by atoms with Crippen LogP contribution in [-0.2, 0) is 14.8 Å². The van der Waals surface area contributed by atoms with Crippen molar-refractivity contribution in [1.82, 2.24) is 4.90 Å². The zero-order valence-corrected chi connectivity index (χ0v) is 16.7. The van der Waals surface area contributed by atoms with Crippen LogP contribution in [0.3, 0.4) is 0 Å². The number of sulfonamides is 1. The molecule has 0 radical (unpaired) electrons. The highest BCUT2D eigenvalue weighted by molar-refractivity contribution is 7.90. The maximum Gasteiger partial charge on any atom is 0.284 e. The number of ether oxygens (including phenoxy) is 1. The van der Waals surface area contributed by atoms with Gasteiger partial charge in [0.2, 0.25) is 0 Å². The topological polar surface area (TPSA) is 62.2 Å². The third-order valence-electron chi connectivity index (χ3n) is 4.48. The molecule has 0 amide bonds. The number of benzene rings is 2. The molecule has 1 fully saturated rings. The predicted octanol–water partition coefficient (Wildman–Crippen LogP) is 2.53. The van der Waals surface area contributed by atoms with Gasteiger partial charge in [-0.25, -0.2) is 0 Å². The van der Waals surface area contributed by atoms with E-state index < -0.39 is 10.0 Å². The van der Waals surface area contributed by atoms with Gasteiger partial charge in [-0.2, -0.15) is 8.42 Å². The average molecular weight is 388 g/mol. The van der Waals surface area contributed by atoms with Crippen LogP contribution in [0.5, 0.6) is 0 Å². The number of nitrogens with zero attached hydrogens (tertiary/aromatic N) is 3. The van der Waals surface area contributed by atoms with Crippen molar-refractivity contribution in [1.29, 1.82) is 0 Å². The third kappa shape index (κ3) is 4.67. The van der Waals surface area contributed by atoms with Crippen LogP contribution < -0.4 is 4.90 Å². The maximum absolute atomic E-state index is 12.9. The molecular formula is C20H25N3O3S. The Morgan fingerprint density at radius 1 is 1.00 bits per heavy atom. The normalized spacial score (nSPS) is 15.7. The van der Waals surface area contributed by atoms with Gasteiger partial charge in [-0.05, 0) is 43.3 Å². The molecule has 1 aliphatic rings. The minimum atomic E-state index is -3.81. The van der Waals surface area contributed by atoms with Gasteiger partial charge in [-0.3, -0.25) is 0 Å². The van der Waals surface area contributed by atoms with Crippen LogP contribution in [0.25, 0.3) is 0 Å². The lowest BCUT2D eigenvalue weighted by atomic mass is 10.1. The Hall–Kier alpha value is -2.38. The van der Waals surface area contributed by atoms with E-state index in [9.17, 15) is 8.42 Å². The first kappa shape index (κ1) is 19.4. The van der Waals surface area contributed by atoms with Crippen molar-refractivity contribution >= 4 is 21.5 Å². The van der Waals surface area contributed by atoms with Gasteiger partial charge in [-0.15, -0.1) is 4.40 Å². The number of amidine groups is 1. The van der Waals surface area contributed by atoms with E-state index in [1.807, 2.05) is 55.1 Å². The van der Waals surface area contributed by atoms with Crippen molar-refractivity contribution in [2.24, 2.45) is 4.40 Å². The standard InChI is InChI=1S/C20H25N3O3S/c1-16-4-10-19(11-5-16)27(24,25)21-20(23-12-14-26-15-13-23)17-6-8-18(9-7-17)22(2)3/h4-11H,12-15H2,1-3H3/b21-20-. The van der Waals surface area contributed by atoms with Crippen LogP contribution in [0.4, 0.5) is 5.69 Å². The van der Waals surface area contributed by atoms with Gasteiger partial charge >= 0.3 is 0 Å². The van der Waals surface area contributed by atoms with E-state index in [2.05, 4.69) is 4.40 Å². The molecule has 1 saturated heterocycles. The molecule has 1 heterocycles. The van der Waals surface area contributed by atoms with Crippen molar-refractivity contribution < 1.29 is 13.2 Å². The second-order valence-corrected chi connectivity index (χ2v) is 8.35. The second kappa shape index (κ2) is 8.10. The molecule has 0 atom stereocenters. The molecule has 2 aromatic carbocycles. The van der Waals surface area contributed by atoms with Gasteiger partial charge in [0.25, 0.3) is 10.0 Å². The van der Waals surface area contributed by atoms with Crippen LogP contribution in [0.15, 0.2) is 57.8 Å². The number of rotatable bonds is 4. The largest absolute Gasteiger partial charge is 0.378 e. The summed E-state index contributed by atoms with van der Waals surface area (Å²) in [5.41, 5.74) is 2.82. The number of hydrogen-bond donors (Lipinski definition) is 0. The van der Waals surface area contributed by atoms with E-state index in [4.69, 9.17) is 4.74 Å².